The van der Waals surface area contributed by atoms with Crippen LogP contribution >= 0.6 is 0 Å². The molecular formula is C14H20N4O2. The monoisotopic (exact) mass is 276 g/mol. The molecule has 2 aliphatic heterocycles. The van der Waals surface area contributed by atoms with E-state index in [1.54, 1.807) is 12.4 Å². The highest BCUT2D eigenvalue weighted by Crippen LogP contribution is 2.38. The van der Waals surface area contributed by atoms with Crippen molar-refractivity contribution in [1.82, 2.24) is 20.0 Å². The van der Waals surface area contributed by atoms with E-state index < -0.39 is 0 Å². The second-order valence-corrected chi connectivity index (χ2v) is 6.07. The van der Waals surface area contributed by atoms with Gasteiger partial charge in [0.2, 0.25) is 0 Å². The van der Waals surface area contributed by atoms with Gasteiger partial charge in [-0.3, -0.25) is 14.8 Å². The van der Waals surface area contributed by atoms with E-state index in [2.05, 4.69) is 15.1 Å². The Labute approximate surface area is 118 Å². The number of nitrogens with zero attached hydrogens (tertiary/aromatic N) is 3. The van der Waals surface area contributed by atoms with Gasteiger partial charge in [-0.2, -0.15) is 5.10 Å². The molecule has 0 aromatic carbocycles. The minimum Gasteiger partial charge on any atom is -0.378 e. The highest BCUT2D eigenvalue weighted by molar-refractivity contribution is 5.93. The Hall–Kier alpha value is -1.40. The molecule has 6 heteroatoms. The predicted molar refractivity (Wildman–Crippen MR) is 72.3 cm³/mol. The molecule has 3 heterocycles. The SMILES string of the molecule is O=C(c1cn[nH]c1)N1CCN2[C@@H](COC[C@@H]2C2CC2)C1. The summed E-state index contributed by atoms with van der Waals surface area (Å²) in [5, 5.41) is 6.56. The quantitative estimate of drug-likeness (QED) is 0.846. The summed E-state index contributed by atoms with van der Waals surface area (Å²) in [6.07, 6.45) is 5.95. The van der Waals surface area contributed by atoms with Crippen molar-refractivity contribution in [3.63, 3.8) is 0 Å². The van der Waals surface area contributed by atoms with E-state index in [9.17, 15) is 4.79 Å². The van der Waals surface area contributed by atoms with Crippen molar-refractivity contribution in [2.75, 3.05) is 32.8 Å². The minimum atomic E-state index is 0.0759. The third-order valence-electron chi connectivity index (χ3n) is 4.75. The molecule has 1 N–H and O–H groups in total. The van der Waals surface area contributed by atoms with Crippen LogP contribution in [0.5, 0.6) is 0 Å². The maximum absolute atomic E-state index is 12.4. The number of rotatable bonds is 2. The van der Waals surface area contributed by atoms with Crippen LogP contribution in [0.2, 0.25) is 0 Å². The number of aromatic amines is 1. The average molecular weight is 276 g/mol. The van der Waals surface area contributed by atoms with E-state index in [1.807, 2.05) is 4.90 Å². The summed E-state index contributed by atoms with van der Waals surface area (Å²) in [4.78, 5) is 16.9. The molecule has 20 heavy (non-hydrogen) atoms. The van der Waals surface area contributed by atoms with E-state index in [0.29, 0.717) is 17.6 Å². The summed E-state index contributed by atoms with van der Waals surface area (Å²) in [5.74, 6) is 0.904. The highest BCUT2D eigenvalue weighted by atomic mass is 16.5. The molecule has 1 aromatic heterocycles. The molecule has 0 radical (unpaired) electrons. The van der Waals surface area contributed by atoms with E-state index in [0.717, 1.165) is 38.8 Å². The summed E-state index contributed by atoms with van der Waals surface area (Å²) >= 11 is 0. The Balaban J connectivity index is 1.45. The lowest BCUT2D eigenvalue weighted by Gasteiger charge is -2.48. The van der Waals surface area contributed by atoms with Crippen molar-refractivity contribution in [3.8, 4) is 0 Å². The van der Waals surface area contributed by atoms with Crippen LogP contribution in [0.25, 0.3) is 0 Å². The van der Waals surface area contributed by atoms with E-state index >= 15 is 0 Å². The number of amides is 1. The topological polar surface area (TPSA) is 61.5 Å². The van der Waals surface area contributed by atoms with Gasteiger partial charge < -0.3 is 9.64 Å². The lowest BCUT2D eigenvalue weighted by Crippen LogP contribution is -2.63. The number of ether oxygens (including phenoxy) is 1. The first-order valence-electron chi connectivity index (χ1n) is 7.44. The Morgan fingerprint density at radius 1 is 1.35 bits per heavy atom. The molecule has 1 aliphatic carbocycles. The second-order valence-electron chi connectivity index (χ2n) is 6.07. The molecule has 0 spiro atoms. The Kier molecular flexibility index (Phi) is 3.00. The maximum atomic E-state index is 12.4. The van der Waals surface area contributed by atoms with Crippen LogP contribution in [-0.4, -0.2) is 70.8 Å². The van der Waals surface area contributed by atoms with Gasteiger partial charge in [0.25, 0.3) is 5.91 Å². The number of H-pyrrole nitrogens is 1. The molecule has 1 aromatic rings. The van der Waals surface area contributed by atoms with Crippen LogP contribution in [0.15, 0.2) is 12.4 Å². The minimum absolute atomic E-state index is 0.0759. The smallest absolute Gasteiger partial charge is 0.257 e. The van der Waals surface area contributed by atoms with Gasteiger partial charge in [-0.1, -0.05) is 0 Å². The Morgan fingerprint density at radius 3 is 3.00 bits per heavy atom. The summed E-state index contributed by atoms with van der Waals surface area (Å²) in [5.41, 5.74) is 0.647. The van der Waals surface area contributed by atoms with Gasteiger partial charge in [-0.15, -0.1) is 0 Å². The lowest BCUT2D eigenvalue weighted by atomic mass is 10.0. The van der Waals surface area contributed by atoms with Crippen molar-refractivity contribution < 1.29 is 9.53 Å². The number of hydrogen-bond acceptors (Lipinski definition) is 4. The van der Waals surface area contributed by atoms with Crippen molar-refractivity contribution in [2.24, 2.45) is 5.92 Å². The fourth-order valence-electron chi connectivity index (χ4n) is 3.50. The second kappa shape index (κ2) is 4.86. The van der Waals surface area contributed by atoms with Gasteiger partial charge in [0, 0.05) is 31.9 Å². The predicted octanol–water partition coefficient (Wildman–Crippen LogP) is 0.345. The number of hydrogen-bond donors (Lipinski definition) is 1. The normalized spacial score (nSPS) is 31.1. The van der Waals surface area contributed by atoms with Crippen LogP contribution in [0, 0.1) is 5.92 Å². The number of carbonyl (C=O) groups is 1. The summed E-state index contributed by atoms with van der Waals surface area (Å²) < 4.78 is 5.77. The van der Waals surface area contributed by atoms with Crippen molar-refractivity contribution in [3.05, 3.63) is 18.0 Å². The first-order chi connectivity index (χ1) is 9.83. The van der Waals surface area contributed by atoms with Crippen LogP contribution in [0.1, 0.15) is 23.2 Å². The largest absolute Gasteiger partial charge is 0.378 e. The van der Waals surface area contributed by atoms with Crippen LogP contribution < -0.4 is 0 Å². The molecule has 0 unspecified atom stereocenters. The number of morpholine rings is 1. The van der Waals surface area contributed by atoms with Gasteiger partial charge in [-0.05, 0) is 18.8 Å². The molecule has 1 saturated carbocycles. The summed E-state index contributed by atoms with van der Waals surface area (Å²) in [6.45, 7) is 4.17. The number of nitrogens with one attached hydrogen (secondary N) is 1. The standard InChI is InChI=1S/C14H20N4O2/c19-14(11-5-15-16-6-11)17-3-4-18-12(7-17)8-20-9-13(18)10-1-2-10/h5-6,10,12-13H,1-4,7-9H2,(H,15,16)/t12-,13-/m1/s1. The molecule has 6 nitrogen and oxygen atoms in total. The van der Waals surface area contributed by atoms with Crippen LogP contribution in [0.3, 0.4) is 0 Å². The Morgan fingerprint density at radius 2 is 2.25 bits per heavy atom. The number of piperazine rings is 1. The summed E-state index contributed by atoms with van der Waals surface area (Å²) in [7, 11) is 0. The van der Waals surface area contributed by atoms with Gasteiger partial charge >= 0.3 is 0 Å². The number of carbonyl (C=O) groups excluding carboxylic acids is 1. The third kappa shape index (κ3) is 2.13. The molecule has 0 bridgehead atoms. The van der Waals surface area contributed by atoms with Gasteiger partial charge in [-0.25, -0.2) is 0 Å². The van der Waals surface area contributed by atoms with Gasteiger partial charge in [0.1, 0.15) is 0 Å². The number of fused-ring (bicyclic) bond motifs is 1. The van der Waals surface area contributed by atoms with Crippen molar-refractivity contribution in [2.45, 2.75) is 24.9 Å². The van der Waals surface area contributed by atoms with Gasteiger partial charge in [0.05, 0.1) is 31.0 Å². The van der Waals surface area contributed by atoms with Crippen LogP contribution in [-0.2, 0) is 4.74 Å². The average Bonchev–Trinajstić information content (AvgIpc) is 3.19. The van der Waals surface area contributed by atoms with Gasteiger partial charge in [0.15, 0.2) is 0 Å². The van der Waals surface area contributed by atoms with E-state index in [4.69, 9.17) is 4.74 Å². The Bertz CT molecular complexity index is 485. The lowest BCUT2D eigenvalue weighted by molar-refractivity contribution is -0.0816. The highest BCUT2D eigenvalue weighted by Gasteiger charge is 2.43. The molecule has 1 amide bonds. The van der Waals surface area contributed by atoms with Crippen LogP contribution in [0.4, 0.5) is 0 Å². The number of aromatic nitrogens is 2. The molecule has 4 rings (SSSR count). The molecule has 2 saturated heterocycles. The van der Waals surface area contributed by atoms with E-state index in [-0.39, 0.29) is 5.91 Å². The molecule has 2 atom stereocenters. The van der Waals surface area contributed by atoms with Crippen molar-refractivity contribution >= 4 is 5.91 Å². The summed E-state index contributed by atoms with van der Waals surface area (Å²) in [6, 6.07) is 0.943. The third-order valence-corrected chi connectivity index (χ3v) is 4.75. The first kappa shape index (κ1) is 12.3. The molecule has 3 aliphatic rings. The zero-order chi connectivity index (χ0) is 13.5. The van der Waals surface area contributed by atoms with E-state index in [1.165, 1.54) is 12.8 Å². The first-order valence-corrected chi connectivity index (χ1v) is 7.44. The molecular weight excluding hydrogens is 256 g/mol. The fraction of sp³-hybridized carbons (Fsp3) is 0.714. The zero-order valence-corrected chi connectivity index (χ0v) is 11.5. The molecule has 108 valence electrons. The zero-order valence-electron chi connectivity index (χ0n) is 11.5. The maximum Gasteiger partial charge on any atom is 0.257 e. The molecule has 3 fully saturated rings. The van der Waals surface area contributed by atoms with Crippen molar-refractivity contribution in [1.29, 1.82) is 0 Å². The fourth-order valence-corrected chi connectivity index (χ4v) is 3.50.